The Labute approximate surface area is 173 Å². The number of hydrogen-bond acceptors (Lipinski definition) is 4. The second-order valence-electron chi connectivity index (χ2n) is 6.98. The van der Waals surface area contributed by atoms with Gasteiger partial charge >= 0.3 is 0 Å². The lowest BCUT2D eigenvalue weighted by Crippen LogP contribution is -2.32. The van der Waals surface area contributed by atoms with E-state index < -0.39 is 10.0 Å². The van der Waals surface area contributed by atoms with E-state index >= 15 is 0 Å². The summed E-state index contributed by atoms with van der Waals surface area (Å²) in [4.78, 5) is 12.2. The third-order valence-corrected chi connectivity index (χ3v) is 5.77. The van der Waals surface area contributed by atoms with Gasteiger partial charge in [0, 0.05) is 19.5 Å². The van der Waals surface area contributed by atoms with E-state index in [1.807, 2.05) is 37.3 Å². The number of anilines is 1. The maximum absolute atomic E-state index is 12.2. The molecule has 1 unspecified atom stereocenters. The molecule has 2 aromatic carbocycles. The Morgan fingerprint density at radius 2 is 1.76 bits per heavy atom. The zero-order valence-electron chi connectivity index (χ0n) is 17.3. The highest BCUT2D eigenvalue weighted by atomic mass is 32.2. The molecule has 0 fully saturated rings. The van der Waals surface area contributed by atoms with Gasteiger partial charge < -0.3 is 10.1 Å². The molecule has 1 N–H and O–H groups in total. The van der Waals surface area contributed by atoms with Crippen LogP contribution in [0.2, 0.25) is 0 Å². The predicted molar refractivity (Wildman–Crippen MR) is 117 cm³/mol. The zero-order valence-corrected chi connectivity index (χ0v) is 18.1. The first kappa shape index (κ1) is 22.7. The largest absolute Gasteiger partial charge is 0.494 e. The summed E-state index contributed by atoms with van der Waals surface area (Å²) in [5.74, 6) is 0.834. The minimum absolute atomic E-state index is 0.0760. The first-order valence-corrected chi connectivity index (χ1v) is 11.7. The SMILES string of the molecule is CCOc1ccc(N(CCCC(=O)NCC(C)c2ccccc2)S(C)(=O)=O)cc1. The number of benzene rings is 2. The molecule has 0 spiro atoms. The number of amides is 1. The Morgan fingerprint density at radius 1 is 1.10 bits per heavy atom. The summed E-state index contributed by atoms with van der Waals surface area (Å²) in [6.45, 7) is 5.30. The van der Waals surface area contributed by atoms with Gasteiger partial charge in [0.25, 0.3) is 0 Å². The highest BCUT2D eigenvalue weighted by Gasteiger charge is 2.18. The molecule has 0 aliphatic carbocycles. The number of nitrogens with zero attached hydrogens (tertiary/aromatic N) is 1. The maximum Gasteiger partial charge on any atom is 0.232 e. The van der Waals surface area contributed by atoms with Gasteiger partial charge in [0.1, 0.15) is 5.75 Å². The van der Waals surface area contributed by atoms with Crippen molar-refractivity contribution < 1.29 is 17.9 Å². The van der Waals surface area contributed by atoms with Crippen LogP contribution in [0.4, 0.5) is 5.69 Å². The molecule has 2 aromatic rings. The minimum Gasteiger partial charge on any atom is -0.494 e. The van der Waals surface area contributed by atoms with E-state index in [2.05, 4.69) is 12.2 Å². The molecular formula is C22H30N2O4S. The lowest BCUT2D eigenvalue weighted by atomic mass is 10.0. The molecule has 29 heavy (non-hydrogen) atoms. The highest BCUT2D eigenvalue weighted by Crippen LogP contribution is 2.22. The van der Waals surface area contributed by atoms with E-state index in [0.717, 1.165) is 0 Å². The molecule has 0 aliphatic rings. The van der Waals surface area contributed by atoms with Crippen LogP contribution in [0.15, 0.2) is 54.6 Å². The van der Waals surface area contributed by atoms with Crippen LogP contribution in [0.1, 0.15) is 38.2 Å². The van der Waals surface area contributed by atoms with Crippen LogP contribution < -0.4 is 14.4 Å². The maximum atomic E-state index is 12.2. The smallest absolute Gasteiger partial charge is 0.232 e. The molecule has 0 saturated carbocycles. The molecule has 1 amide bonds. The van der Waals surface area contributed by atoms with Crippen molar-refractivity contribution in [1.29, 1.82) is 0 Å². The fraction of sp³-hybridized carbons (Fsp3) is 0.409. The average Bonchev–Trinajstić information content (AvgIpc) is 2.70. The van der Waals surface area contributed by atoms with Crippen LogP contribution in [-0.2, 0) is 14.8 Å². The number of nitrogens with one attached hydrogen (secondary N) is 1. The normalized spacial score (nSPS) is 12.2. The minimum atomic E-state index is -3.44. The summed E-state index contributed by atoms with van der Waals surface area (Å²) in [6.07, 6.45) is 1.88. The van der Waals surface area contributed by atoms with E-state index in [1.54, 1.807) is 24.3 Å². The van der Waals surface area contributed by atoms with Crippen molar-refractivity contribution in [3.05, 3.63) is 60.2 Å². The monoisotopic (exact) mass is 418 g/mol. The summed E-state index contributed by atoms with van der Waals surface area (Å²) >= 11 is 0. The number of carbonyl (C=O) groups is 1. The average molecular weight is 419 g/mol. The Hall–Kier alpha value is -2.54. The van der Waals surface area contributed by atoms with Crippen molar-refractivity contribution >= 4 is 21.6 Å². The molecule has 1 atom stereocenters. The molecule has 158 valence electrons. The molecule has 0 aliphatic heterocycles. The second-order valence-corrected chi connectivity index (χ2v) is 8.89. The van der Waals surface area contributed by atoms with Gasteiger partial charge in [0.05, 0.1) is 18.6 Å². The quantitative estimate of drug-likeness (QED) is 0.605. The number of ether oxygens (including phenoxy) is 1. The Morgan fingerprint density at radius 3 is 2.34 bits per heavy atom. The van der Waals surface area contributed by atoms with Crippen LogP contribution >= 0.6 is 0 Å². The van der Waals surface area contributed by atoms with Crippen molar-refractivity contribution in [3.8, 4) is 5.75 Å². The first-order valence-electron chi connectivity index (χ1n) is 9.83. The molecule has 0 radical (unpaired) electrons. The Kier molecular flexibility index (Phi) is 8.51. The van der Waals surface area contributed by atoms with Gasteiger partial charge in [0.2, 0.25) is 15.9 Å². The van der Waals surface area contributed by atoms with Gasteiger partial charge in [-0.15, -0.1) is 0 Å². The van der Waals surface area contributed by atoms with Crippen molar-refractivity contribution in [3.63, 3.8) is 0 Å². The van der Waals surface area contributed by atoms with Crippen molar-refractivity contribution in [2.75, 3.05) is 30.3 Å². The summed E-state index contributed by atoms with van der Waals surface area (Å²) < 4.78 is 31.1. The van der Waals surface area contributed by atoms with Gasteiger partial charge in [-0.3, -0.25) is 9.10 Å². The molecule has 0 saturated heterocycles. The summed E-state index contributed by atoms with van der Waals surface area (Å²) in [7, 11) is -3.44. The second kappa shape index (κ2) is 10.9. The number of sulfonamides is 1. The number of hydrogen-bond donors (Lipinski definition) is 1. The van der Waals surface area contributed by atoms with Crippen LogP contribution in [0.3, 0.4) is 0 Å². The summed E-state index contributed by atoms with van der Waals surface area (Å²) in [6, 6.07) is 16.9. The lowest BCUT2D eigenvalue weighted by Gasteiger charge is -2.22. The van der Waals surface area contributed by atoms with Gasteiger partial charge in [-0.2, -0.15) is 0 Å². The van der Waals surface area contributed by atoms with E-state index in [4.69, 9.17) is 4.74 Å². The van der Waals surface area contributed by atoms with Gasteiger partial charge in [-0.1, -0.05) is 37.3 Å². The van der Waals surface area contributed by atoms with Gasteiger partial charge in [-0.25, -0.2) is 8.42 Å². The molecule has 6 nitrogen and oxygen atoms in total. The number of carbonyl (C=O) groups excluding carboxylic acids is 1. The number of rotatable bonds is 11. The summed E-state index contributed by atoms with van der Waals surface area (Å²) in [5, 5.41) is 2.93. The Bertz CT molecular complexity index is 867. The highest BCUT2D eigenvalue weighted by molar-refractivity contribution is 7.92. The van der Waals surface area contributed by atoms with Gasteiger partial charge in [-0.05, 0) is 49.1 Å². The predicted octanol–water partition coefficient (Wildman–Crippen LogP) is 3.55. The lowest BCUT2D eigenvalue weighted by molar-refractivity contribution is -0.121. The van der Waals surface area contributed by atoms with Gasteiger partial charge in [0.15, 0.2) is 0 Å². The molecule has 0 bridgehead atoms. The first-order chi connectivity index (χ1) is 13.8. The Balaban J connectivity index is 1.85. The fourth-order valence-corrected chi connectivity index (χ4v) is 3.97. The summed E-state index contributed by atoms with van der Waals surface area (Å²) in [5.41, 5.74) is 1.74. The van der Waals surface area contributed by atoms with Crippen molar-refractivity contribution in [2.24, 2.45) is 0 Å². The van der Waals surface area contributed by atoms with Crippen LogP contribution in [0.5, 0.6) is 5.75 Å². The molecular weight excluding hydrogens is 388 g/mol. The van der Waals surface area contributed by atoms with Crippen LogP contribution in [-0.4, -0.2) is 40.3 Å². The van der Waals surface area contributed by atoms with Crippen LogP contribution in [0.25, 0.3) is 0 Å². The van der Waals surface area contributed by atoms with Crippen molar-refractivity contribution in [1.82, 2.24) is 5.32 Å². The molecule has 0 heterocycles. The van der Waals surface area contributed by atoms with Crippen molar-refractivity contribution in [2.45, 2.75) is 32.6 Å². The van der Waals surface area contributed by atoms with E-state index in [-0.39, 0.29) is 24.8 Å². The molecule has 0 aromatic heterocycles. The third-order valence-electron chi connectivity index (χ3n) is 4.58. The topological polar surface area (TPSA) is 75.7 Å². The van der Waals surface area contributed by atoms with E-state index in [9.17, 15) is 13.2 Å². The van der Waals surface area contributed by atoms with E-state index in [0.29, 0.717) is 31.0 Å². The zero-order chi connectivity index (χ0) is 21.3. The molecule has 2 rings (SSSR count). The standard InChI is InChI=1S/C22H30N2O4S/c1-4-28-21-14-12-20(13-15-21)24(29(3,26)27)16-8-11-22(25)23-17-18(2)19-9-6-5-7-10-19/h5-7,9-10,12-15,18H,4,8,11,16-17H2,1-3H3,(H,23,25). The van der Waals surface area contributed by atoms with E-state index in [1.165, 1.54) is 16.1 Å². The molecule has 7 heteroatoms. The van der Waals surface area contributed by atoms with Crippen LogP contribution in [0, 0.1) is 0 Å². The fourth-order valence-electron chi connectivity index (χ4n) is 3.00. The third kappa shape index (κ3) is 7.42.